The molecule has 0 bridgehead atoms. The third-order valence-electron chi connectivity index (χ3n) is 5.78. The van der Waals surface area contributed by atoms with E-state index < -0.39 is 0 Å². The van der Waals surface area contributed by atoms with Gasteiger partial charge in [0.25, 0.3) is 0 Å². The molecule has 2 fully saturated rings. The Morgan fingerprint density at radius 1 is 1.07 bits per heavy atom. The number of rotatable bonds is 4. The molecule has 142 valence electrons. The van der Waals surface area contributed by atoms with Gasteiger partial charge in [0, 0.05) is 44.5 Å². The number of likely N-dealkylation sites (tertiary alicyclic amines) is 1. The van der Waals surface area contributed by atoms with Crippen molar-refractivity contribution in [1.82, 2.24) is 20.1 Å². The van der Waals surface area contributed by atoms with Crippen molar-refractivity contribution in [2.75, 3.05) is 32.7 Å². The summed E-state index contributed by atoms with van der Waals surface area (Å²) in [4.78, 5) is 22.1. The van der Waals surface area contributed by atoms with Crippen molar-refractivity contribution in [1.29, 1.82) is 0 Å². The summed E-state index contributed by atoms with van der Waals surface area (Å²) in [6.45, 7) is 5.43. The monoisotopic (exact) mass is 364 g/mol. The van der Waals surface area contributed by atoms with Gasteiger partial charge in [0.05, 0.1) is 6.04 Å². The number of piperidine rings is 1. The number of carbonyl (C=O) groups excluding carboxylic acids is 1. The Hall–Kier alpha value is -2.24. The van der Waals surface area contributed by atoms with Crippen molar-refractivity contribution in [3.05, 3.63) is 66.0 Å². The first-order valence-corrected chi connectivity index (χ1v) is 9.98. The van der Waals surface area contributed by atoms with Gasteiger partial charge < -0.3 is 10.2 Å². The number of pyridine rings is 1. The van der Waals surface area contributed by atoms with Crippen LogP contribution in [-0.2, 0) is 11.3 Å². The van der Waals surface area contributed by atoms with Crippen molar-refractivity contribution in [2.45, 2.75) is 25.4 Å². The molecule has 5 nitrogen and oxygen atoms in total. The number of hydrogen-bond donors (Lipinski definition) is 1. The third kappa shape index (κ3) is 4.37. The quantitative estimate of drug-likeness (QED) is 0.905. The average Bonchev–Trinajstić information content (AvgIpc) is 2.75. The molecule has 1 N–H and O–H groups in total. The first-order valence-electron chi connectivity index (χ1n) is 9.98. The zero-order valence-corrected chi connectivity index (χ0v) is 15.8. The summed E-state index contributed by atoms with van der Waals surface area (Å²) in [5, 5.41) is 3.43. The summed E-state index contributed by atoms with van der Waals surface area (Å²) in [6, 6.07) is 14.7. The van der Waals surface area contributed by atoms with Gasteiger partial charge in [-0.15, -0.1) is 0 Å². The highest BCUT2D eigenvalue weighted by atomic mass is 16.2. The van der Waals surface area contributed by atoms with Crippen molar-refractivity contribution >= 4 is 5.91 Å². The lowest BCUT2D eigenvalue weighted by atomic mass is 9.93. The van der Waals surface area contributed by atoms with Gasteiger partial charge >= 0.3 is 0 Å². The van der Waals surface area contributed by atoms with Crippen LogP contribution in [0.2, 0.25) is 0 Å². The van der Waals surface area contributed by atoms with Gasteiger partial charge in [0.2, 0.25) is 5.91 Å². The van der Waals surface area contributed by atoms with E-state index in [-0.39, 0.29) is 12.0 Å². The SMILES string of the molecule is O=C(C1CCN(Cc2ccccc2)CC1)N1CCNCC1c1cccnc1. The van der Waals surface area contributed by atoms with Crippen LogP contribution in [0.15, 0.2) is 54.9 Å². The van der Waals surface area contributed by atoms with Crippen LogP contribution in [0.4, 0.5) is 0 Å². The molecule has 0 radical (unpaired) electrons. The van der Waals surface area contributed by atoms with Crippen molar-refractivity contribution in [3.8, 4) is 0 Å². The molecule has 1 aromatic heterocycles. The number of benzene rings is 1. The number of amides is 1. The standard InChI is InChI=1S/C22H28N4O/c27-22(26-14-11-24-16-21(26)20-7-4-10-23-15-20)19-8-12-25(13-9-19)17-18-5-2-1-3-6-18/h1-7,10,15,19,21,24H,8-9,11-14,16-17H2. The largest absolute Gasteiger partial charge is 0.333 e. The van der Waals surface area contributed by atoms with Crippen LogP contribution in [0.25, 0.3) is 0 Å². The zero-order chi connectivity index (χ0) is 18.5. The smallest absolute Gasteiger partial charge is 0.226 e. The maximum atomic E-state index is 13.3. The molecule has 1 unspecified atom stereocenters. The van der Waals surface area contributed by atoms with E-state index in [2.05, 4.69) is 56.5 Å². The summed E-state index contributed by atoms with van der Waals surface area (Å²) < 4.78 is 0. The Labute approximate surface area is 161 Å². The van der Waals surface area contributed by atoms with E-state index in [1.807, 2.05) is 12.3 Å². The van der Waals surface area contributed by atoms with Crippen molar-refractivity contribution < 1.29 is 4.79 Å². The summed E-state index contributed by atoms with van der Waals surface area (Å²) in [7, 11) is 0. The van der Waals surface area contributed by atoms with Gasteiger partial charge in [-0.3, -0.25) is 14.7 Å². The number of nitrogens with zero attached hydrogens (tertiary/aromatic N) is 3. The normalized spacial score (nSPS) is 21.9. The van der Waals surface area contributed by atoms with Gasteiger partial charge in [-0.05, 0) is 43.1 Å². The molecule has 2 aliphatic heterocycles. The van der Waals surface area contributed by atoms with Gasteiger partial charge in [0.15, 0.2) is 0 Å². The minimum Gasteiger partial charge on any atom is -0.333 e. The molecule has 2 saturated heterocycles. The molecular weight excluding hydrogens is 336 g/mol. The van der Waals surface area contributed by atoms with Gasteiger partial charge in [-0.1, -0.05) is 36.4 Å². The highest BCUT2D eigenvalue weighted by Crippen LogP contribution is 2.27. The maximum absolute atomic E-state index is 13.3. The van der Waals surface area contributed by atoms with Crippen LogP contribution < -0.4 is 5.32 Å². The van der Waals surface area contributed by atoms with Gasteiger partial charge in [-0.2, -0.15) is 0 Å². The molecule has 2 aromatic rings. The van der Waals surface area contributed by atoms with Crippen LogP contribution >= 0.6 is 0 Å². The lowest BCUT2D eigenvalue weighted by molar-refractivity contribution is -0.140. The minimum atomic E-state index is 0.0994. The van der Waals surface area contributed by atoms with Crippen LogP contribution in [0.3, 0.4) is 0 Å². The van der Waals surface area contributed by atoms with E-state index >= 15 is 0 Å². The second-order valence-electron chi connectivity index (χ2n) is 7.57. The molecule has 0 saturated carbocycles. The molecule has 2 aliphatic rings. The van der Waals surface area contributed by atoms with Crippen molar-refractivity contribution in [3.63, 3.8) is 0 Å². The first-order chi connectivity index (χ1) is 13.3. The summed E-state index contributed by atoms with van der Waals surface area (Å²) in [5.74, 6) is 0.471. The number of nitrogens with one attached hydrogen (secondary N) is 1. The van der Waals surface area contributed by atoms with E-state index in [1.165, 1.54) is 5.56 Å². The number of aromatic nitrogens is 1. The molecule has 27 heavy (non-hydrogen) atoms. The van der Waals surface area contributed by atoms with Gasteiger partial charge in [0.1, 0.15) is 0 Å². The molecule has 1 atom stereocenters. The van der Waals surface area contributed by atoms with E-state index in [0.29, 0.717) is 5.91 Å². The molecule has 0 aliphatic carbocycles. The molecular formula is C22H28N4O. The second kappa shape index (κ2) is 8.63. The first kappa shape index (κ1) is 18.1. The Morgan fingerprint density at radius 3 is 2.63 bits per heavy atom. The van der Waals surface area contributed by atoms with Gasteiger partial charge in [-0.25, -0.2) is 0 Å². The van der Waals surface area contributed by atoms with Crippen LogP contribution in [0.5, 0.6) is 0 Å². The van der Waals surface area contributed by atoms with Crippen molar-refractivity contribution in [2.24, 2.45) is 5.92 Å². The minimum absolute atomic E-state index is 0.0994. The third-order valence-corrected chi connectivity index (χ3v) is 5.78. The zero-order valence-electron chi connectivity index (χ0n) is 15.8. The van der Waals surface area contributed by atoms with Crippen LogP contribution in [-0.4, -0.2) is 53.4 Å². The Kier molecular flexibility index (Phi) is 5.80. The predicted molar refractivity (Wildman–Crippen MR) is 106 cm³/mol. The highest BCUT2D eigenvalue weighted by molar-refractivity contribution is 5.79. The van der Waals surface area contributed by atoms with Crippen LogP contribution in [0, 0.1) is 5.92 Å². The molecule has 0 spiro atoms. The fraction of sp³-hybridized carbons (Fsp3) is 0.455. The molecule has 1 amide bonds. The van der Waals surface area contributed by atoms with E-state index in [1.54, 1.807) is 6.20 Å². The van der Waals surface area contributed by atoms with E-state index in [4.69, 9.17) is 0 Å². The molecule has 1 aromatic carbocycles. The van der Waals surface area contributed by atoms with Crippen LogP contribution in [0.1, 0.15) is 30.0 Å². The number of hydrogen-bond acceptors (Lipinski definition) is 4. The topological polar surface area (TPSA) is 48.5 Å². The average molecular weight is 364 g/mol. The number of piperazine rings is 1. The van der Waals surface area contributed by atoms with E-state index in [0.717, 1.165) is 57.7 Å². The molecule has 5 heteroatoms. The predicted octanol–water partition coefficient (Wildman–Crippen LogP) is 2.47. The second-order valence-corrected chi connectivity index (χ2v) is 7.57. The molecule has 4 rings (SSSR count). The fourth-order valence-electron chi connectivity index (χ4n) is 4.25. The molecule has 3 heterocycles. The lowest BCUT2D eigenvalue weighted by Gasteiger charge is -2.40. The summed E-state index contributed by atoms with van der Waals surface area (Å²) in [6.07, 6.45) is 5.58. The Bertz CT molecular complexity index is 728. The lowest BCUT2D eigenvalue weighted by Crippen LogP contribution is -2.51. The summed E-state index contributed by atoms with van der Waals surface area (Å²) in [5.41, 5.74) is 2.47. The summed E-state index contributed by atoms with van der Waals surface area (Å²) >= 11 is 0. The maximum Gasteiger partial charge on any atom is 0.226 e. The van der Waals surface area contributed by atoms with E-state index in [9.17, 15) is 4.79 Å². The fourth-order valence-corrected chi connectivity index (χ4v) is 4.25. The number of carbonyl (C=O) groups is 1. The Balaban J connectivity index is 1.36. The Morgan fingerprint density at radius 2 is 1.89 bits per heavy atom. The highest BCUT2D eigenvalue weighted by Gasteiger charge is 2.34.